The van der Waals surface area contributed by atoms with Crippen molar-refractivity contribution in [3.63, 3.8) is 0 Å². The molecule has 0 spiro atoms. The molecule has 0 saturated carbocycles. The van der Waals surface area contributed by atoms with Crippen LogP contribution in [0.5, 0.6) is 5.75 Å². The van der Waals surface area contributed by atoms with Crippen LogP contribution >= 0.6 is 0 Å². The van der Waals surface area contributed by atoms with Crippen LogP contribution in [0.25, 0.3) is 0 Å². The number of amides is 1. The second-order valence-corrected chi connectivity index (χ2v) is 8.65. The highest BCUT2D eigenvalue weighted by Crippen LogP contribution is 2.20. The molecule has 0 aromatic heterocycles. The Balaban J connectivity index is 1.48. The van der Waals surface area contributed by atoms with Gasteiger partial charge < -0.3 is 19.9 Å². The predicted octanol–water partition coefficient (Wildman–Crippen LogP) is 3.80. The minimum atomic E-state index is -0.101. The molecule has 0 bridgehead atoms. The molecule has 168 valence electrons. The Bertz CT molecular complexity index is 810. The molecule has 1 heterocycles. The van der Waals surface area contributed by atoms with E-state index in [0.717, 1.165) is 50.6 Å². The maximum absolute atomic E-state index is 12.6. The molecule has 1 aliphatic heterocycles. The van der Waals surface area contributed by atoms with Crippen LogP contribution in [0.3, 0.4) is 0 Å². The third-order valence-corrected chi connectivity index (χ3v) is 5.67. The van der Waals surface area contributed by atoms with E-state index in [4.69, 9.17) is 4.74 Å². The average Bonchev–Trinajstić information content (AvgIpc) is 2.78. The fourth-order valence-corrected chi connectivity index (χ4v) is 3.73. The molecule has 3 rings (SSSR count). The summed E-state index contributed by atoms with van der Waals surface area (Å²) in [6.45, 7) is 10.4. The second kappa shape index (κ2) is 11.2. The summed E-state index contributed by atoms with van der Waals surface area (Å²) in [7, 11) is 4.11. The fraction of sp³-hybridized carbons (Fsp3) is 0.480. The van der Waals surface area contributed by atoms with Crippen molar-refractivity contribution in [2.24, 2.45) is 0 Å². The highest BCUT2D eigenvalue weighted by Gasteiger charge is 2.19. The average molecular weight is 425 g/mol. The number of rotatable bonds is 9. The van der Waals surface area contributed by atoms with Crippen LogP contribution in [0.2, 0.25) is 0 Å². The standard InChI is InChI=1S/C25H36N4O2/c1-20(2)28-15-17-29(18-16-28)23-10-6-21(7-11-23)25(30)26-22-8-12-24(13-9-22)31-19-5-14-27(3)4/h6-13,20H,5,14-19H2,1-4H3,(H,26,30). The van der Waals surface area contributed by atoms with Gasteiger partial charge in [-0.2, -0.15) is 0 Å². The Morgan fingerprint density at radius 1 is 1.00 bits per heavy atom. The van der Waals surface area contributed by atoms with Crippen molar-refractivity contribution in [3.8, 4) is 5.75 Å². The van der Waals surface area contributed by atoms with Gasteiger partial charge in [0.15, 0.2) is 0 Å². The highest BCUT2D eigenvalue weighted by molar-refractivity contribution is 6.04. The molecule has 1 N–H and O–H groups in total. The second-order valence-electron chi connectivity index (χ2n) is 8.65. The lowest BCUT2D eigenvalue weighted by molar-refractivity contribution is 0.102. The van der Waals surface area contributed by atoms with Gasteiger partial charge >= 0.3 is 0 Å². The van der Waals surface area contributed by atoms with E-state index in [1.807, 2.05) is 48.5 Å². The molecule has 1 aliphatic rings. The van der Waals surface area contributed by atoms with Crippen LogP contribution in [0.15, 0.2) is 48.5 Å². The van der Waals surface area contributed by atoms with Gasteiger partial charge in [0.05, 0.1) is 6.61 Å². The number of ether oxygens (including phenoxy) is 1. The van der Waals surface area contributed by atoms with Gasteiger partial charge in [-0.05, 0) is 82.9 Å². The highest BCUT2D eigenvalue weighted by atomic mass is 16.5. The van der Waals surface area contributed by atoms with Crippen molar-refractivity contribution in [2.45, 2.75) is 26.3 Å². The first-order valence-electron chi connectivity index (χ1n) is 11.2. The molecule has 6 heteroatoms. The summed E-state index contributed by atoms with van der Waals surface area (Å²) in [5.74, 6) is 0.717. The number of hydrogen-bond acceptors (Lipinski definition) is 5. The smallest absolute Gasteiger partial charge is 0.255 e. The number of carbonyl (C=O) groups excluding carboxylic acids is 1. The monoisotopic (exact) mass is 424 g/mol. The molecule has 1 amide bonds. The molecule has 0 radical (unpaired) electrons. The Kier molecular flexibility index (Phi) is 8.32. The SMILES string of the molecule is CC(C)N1CCN(c2ccc(C(=O)Nc3ccc(OCCCN(C)C)cc3)cc2)CC1. The third-order valence-electron chi connectivity index (χ3n) is 5.67. The summed E-state index contributed by atoms with van der Waals surface area (Å²) < 4.78 is 5.74. The van der Waals surface area contributed by atoms with Gasteiger partial charge in [0.1, 0.15) is 5.75 Å². The number of nitrogens with one attached hydrogen (secondary N) is 1. The van der Waals surface area contributed by atoms with Gasteiger partial charge in [-0.3, -0.25) is 9.69 Å². The van der Waals surface area contributed by atoms with E-state index in [2.05, 4.69) is 48.0 Å². The van der Waals surface area contributed by atoms with Crippen molar-refractivity contribution in [2.75, 3.05) is 63.6 Å². The molecule has 31 heavy (non-hydrogen) atoms. The zero-order valence-electron chi connectivity index (χ0n) is 19.3. The summed E-state index contributed by atoms with van der Waals surface area (Å²) >= 11 is 0. The van der Waals surface area contributed by atoms with Crippen LogP contribution in [0, 0.1) is 0 Å². The van der Waals surface area contributed by atoms with Gasteiger partial charge in [-0.15, -0.1) is 0 Å². The Labute approximate surface area is 186 Å². The molecule has 0 unspecified atom stereocenters. The van der Waals surface area contributed by atoms with E-state index in [9.17, 15) is 4.79 Å². The Morgan fingerprint density at radius 3 is 2.23 bits per heavy atom. The first-order chi connectivity index (χ1) is 14.9. The third kappa shape index (κ3) is 6.97. The lowest BCUT2D eigenvalue weighted by Crippen LogP contribution is -2.48. The zero-order valence-corrected chi connectivity index (χ0v) is 19.3. The van der Waals surface area contributed by atoms with E-state index in [0.29, 0.717) is 18.2 Å². The number of nitrogens with zero attached hydrogens (tertiary/aromatic N) is 3. The first-order valence-corrected chi connectivity index (χ1v) is 11.2. The van der Waals surface area contributed by atoms with E-state index >= 15 is 0 Å². The van der Waals surface area contributed by atoms with Crippen LogP contribution in [0.1, 0.15) is 30.6 Å². The van der Waals surface area contributed by atoms with E-state index in [1.165, 1.54) is 5.69 Å². The Morgan fingerprint density at radius 2 is 1.65 bits per heavy atom. The fourth-order valence-electron chi connectivity index (χ4n) is 3.73. The van der Waals surface area contributed by atoms with Gasteiger partial charge in [0.25, 0.3) is 5.91 Å². The quantitative estimate of drug-likeness (QED) is 0.621. The van der Waals surface area contributed by atoms with Gasteiger partial charge in [-0.25, -0.2) is 0 Å². The van der Waals surface area contributed by atoms with E-state index in [1.54, 1.807) is 0 Å². The largest absolute Gasteiger partial charge is 0.494 e. The zero-order chi connectivity index (χ0) is 22.2. The molecule has 2 aromatic carbocycles. The van der Waals surface area contributed by atoms with Crippen molar-refractivity contribution in [1.29, 1.82) is 0 Å². The molecule has 0 atom stereocenters. The first kappa shape index (κ1) is 23.1. The molecular formula is C25H36N4O2. The minimum Gasteiger partial charge on any atom is -0.494 e. The minimum absolute atomic E-state index is 0.101. The topological polar surface area (TPSA) is 48.1 Å². The van der Waals surface area contributed by atoms with Crippen molar-refractivity contribution < 1.29 is 9.53 Å². The van der Waals surface area contributed by atoms with Gasteiger partial charge in [0, 0.05) is 55.7 Å². The van der Waals surface area contributed by atoms with Crippen molar-refractivity contribution >= 4 is 17.3 Å². The summed E-state index contributed by atoms with van der Waals surface area (Å²) in [6.07, 6.45) is 0.981. The normalized spacial score (nSPS) is 14.8. The number of anilines is 2. The molecule has 0 aliphatic carbocycles. The van der Waals surface area contributed by atoms with E-state index in [-0.39, 0.29) is 5.91 Å². The van der Waals surface area contributed by atoms with Crippen LogP contribution in [0.4, 0.5) is 11.4 Å². The summed E-state index contributed by atoms with van der Waals surface area (Å²) in [5.41, 5.74) is 2.60. The lowest BCUT2D eigenvalue weighted by Gasteiger charge is -2.38. The summed E-state index contributed by atoms with van der Waals surface area (Å²) in [5, 5.41) is 2.96. The van der Waals surface area contributed by atoms with Crippen LogP contribution in [-0.4, -0.2) is 75.2 Å². The Hall–Kier alpha value is -2.57. The van der Waals surface area contributed by atoms with Gasteiger partial charge in [0.2, 0.25) is 0 Å². The summed E-state index contributed by atoms with van der Waals surface area (Å²) in [4.78, 5) is 19.6. The number of carbonyl (C=O) groups is 1. The lowest BCUT2D eigenvalue weighted by atomic mass is 10.1. The van der Waals surface area contributed by atoms with Gasteiger partial charge in [-0.1, -0.05) is 0 Å². The molecule has 6 nitrogen and oxygen atoms in total. The van der Waals surface area contributed by atoms with E-state index < -0.39 is 0 Å². The number of piperazine rings is 1. The summed E-state index contributed by atoms with van der Waals surface area (Å²) in [6, 6.07) is 16.0. The molecule has 1 saturated heterocycles. The molecular weight excluding hydrogens is 388 g/mol. The van der Waals surface area contributed by atoms with Crippen molar-refractivity contribution in [3.05, 3.63) is 54.1 Å². The maximum Gasteiger partial charge on any atom is 0.255 e. The van der Waals surface area contributed by atoms with Crippen LogP contribution in [-0.2, 0) is 0 Å². The number of hydrogen-bond donors (Lipinski definition) is 1. The maximum atomic E-state index is 12.6. The molecule has 2 aromatic rings. The molecule has 1 fully saturated rings. The van der Waals surface area contributed by atoms with Crippen LogP contribution < -0.4 is 15.0 Å². The number of benzene rings is 2. The van der Waals surface area contributed by atoms with Crippen molar-refractivity contribution in [1.82, 2.24) is 9.80 Å². The predicted molar refractivity (Wildman–Crippen MR) is 128 cm³/mol.